The lowest BCUT2D eigenvalue weighted by Crippen LogP contribution is -2.07. The molecule has 3 nitrogen and oxygen atoms in total. The van der Waals surface area contributed by atoms with Crippen molar-refractivity contribution in [1.82, 2.24) is 0 Å². The van der Waals surface area contributed by atoms with Crippen LogP contribution in [0.5, 0.6) is 0 Å². The van der Waals surface area contributed by atoms with Crippen LogP contribution < -0.4 is 5.73 Å². The molecular weight excluding hydrogens is 203 g/mol. The van der Waals surface area contributed by atoms with Crippen molar-refractivity contribution in [2.24, 2.45) is 10.1 Å². The molecule has 0 saturated carbocycles. The van der Waals surface area contributed by atoms with Gasteiger partial charge in [0.25, 0.3) is 0 Å². The maximum Gasteiger partial charge on any atom is 0.151 e. The first-order valence-corrected chi connectivity index (χ1v) is 5.63. The summed E-state index contributed by atoms with van der Waals surface area (Å²) in [6, 6.07) is 4.32. The molecule has 0 spiro atoms. The van der Waals surface area contributed by atoms with Gasteiger partial charge < -0.3 is 14.3 Å². The molecule has 14 heavy (non-hydrogen) atoms. The van der Waals surface area contributed by atoms with E-state index in [0.29, 0.717) is 5.56 Å². The Labute approximate surface area is 84.3 Å². The third-order valence-corrected chi connectivity index (χ3v) is 2.18. The zero-order valence-corrected chi connectivity index (χ0v) is 8.84. The first kappa shape index (κ1) is 11.1. The summed E-state index contributed by atoms with van der Waals surface area (Å²) < 4.78 is 28.0. The standard InChI is InChI=1S/C9H12FN2OS/c1-6(11)7-4-3-5-8(9(7)10)12-14(2)13/h3-6H,11H2,1-2H3/q-1. The van der Waals surface area contributed by atoms with E-state index in [1.807, 2.05) is 0 Å². The number of benzene rings is 1. The summed E-state index contributed by atoms with van der Waals surface area (Å²) in [5.74, 6) is -0.488. The molecule has 5 heteroatoms. The van der Waals surface area contributed by atoms with Gasteiger partial charge in [-0.2, -0.15) is 10.6 Å². The maximum absolute atomic E-state index is 13.6. The Kier molecular flexibility index (Phi) is 3.60. The van der Waals surface area contributed by atoms with E-state index in [-0.39, 0.29) is 5.69 Å². The number of hydrogen-bond donors (Lipinski definition) is 1. The predicted molar refractivity (Wildman–Crippen MR) is 55.1 cm³/mol. The fourth-order valence-electron chi connectivity index (χ4n) is 1.10. The lowest BCUT2D eigenvalue weighted by molar-refractivity contribution is 0.592. The lowest BCUT2D eigenvalue weighted by atomic mass is 10.1. The van der Waals surface area contributed by atoms with Crippen LogP contribution >= 0.6 is 0 Å². The molecule has 0 aromatic heterocycles. The van der Waals surface area contributed by atoms with Gasteiger partial charge in [-0.05, 0) is 13.0 Å². The Morgan fingerprint density at radius 3 is 2.71 bits per heavy atom. The molecule has 0 aliphatic carbocycles. The highest BCUT2D eigenvalue weighted by atomic mass is 32.2. The van der Waals surface area contributed by atoms with E-state index in [0.717, 1.165) is 0 Å². The quantitative estimate of drug-likeness (QED) is 0.769. The Balaban J connectivity index is 3.28. The summed E-state index contributed by atoms with van der Waals surface area (Å²) in [6.45, 7) is 1.69. The van der Waals surface area contributed by atoms with Gasteiger partial charge in [0.2, 0.25) is 0 Å². The number of nitrogens with zero attached hydrogens (tertiary/aromatic N) is 1. The van der Waals surface area contributed by atoms with E-state index in [1.54, 1.807) is 19.1 Å². The highest BCUT2D eigenvalue weighted by Crippen LogP contribution is 2.24. The van der Waals surface area contributed by atoms with Crippen LogP contribution in [0.25, 0.3) is 0 Å². The molecular formula is C9H12FN2OS-. The van der Waals surface area contributed by atoms with Crippen molar-refractivity contribution in [3.8, 4) is 0 Å². The van der Waals surface area contributed by atoms with E-state index in [4.69, 9.17) is 5.73 Å². The van der Waals surface area contributed by atoms with Crippen LogP contribution in [0.1, 0.15) is 18.5 Å². The minimum atomic E-state index is -1.40. The second-order valence-electron chi connectivity index (χ2n) is 2.98. The second kappa shape index (κ2) is 4.52. The zero-order chi connectivity index (χ0) is 10.7. The molecule has 1 rings (SSSR count). The molecule has 1 aromatic rings. The largest absolute Gasteiger partial charge is 0.444 e. The molecule has 0 fully saturated rings. The van der Waals surface area contributed by atoms with Gasteiger partial charge in [-0.15, -0.1) is 6.26 Å². The molecule has 0 saturated heterocycles. The van der Waals surface area contributed by atoms with Gasteiger partial charge in [-0.3, -0.25) is 0 Å². The molecule has 1 atom stereocenters. The molecule has 1 aromatic carbocycles. The molecule has 2 N–H and O–H groups in total. The fraction of sp³-hybridized carbons (Fsp3) is 0.333. The van der Waals surface area contributed by atoms with E-state index < -0.39 is 22.5 Å². The molecule has 0 bridgehead atoms. The highest BCUT2D eigenvalue weighted by Gasteiger charge is 2.08. The summed E-state index contributed by atoms with van der Waals surface area (Å²) in [6.07, 6.45) is 1.39. The normalized spacial score (nSPS) is 15.4. The molecule has 0 heterocycles. The van der Waals surface area contributed by atoms with Crippen molar-refractivity contribution in [3.63, 3.8) is 0 Å². The van der Waals surface area contributed by atoms with Crippen LogP contribution in [-0.2, 0) is 14.8 Å². The fourth-order valence-corrected chi connectivity index (χ4v) is 1.52. The van der Waals surface area contributed by atoms with Crippen LogP contribution in [0.15, 0.2) is 22.6 Å². The summed E-state index contributed by atoms with van der Waals surface area (Å²) in [4.78, 5) is 0. The van der Waals surface area contributed by atoms with Gasteiger partial charge in [0.15, 0.2) is 5.82 Å². The van der Waals surface area contributed by atoms with Crippen molar-refractivity contribution in [1.29, 1.82) is 0 Å². The second-order valence-corrected chi connectivity index (χ2v) is 4.01. The van der Waals surface area contributed by atoms with Crippen LogP contribution in [0.3, 0.4) is 0 Å². The van der Waals surface area contributed by atoms with Gasteiger partial charge in [-0.1, -0.05) is 12.1 Å². The molecule has 0 aliphatic heterocycles. The highest BCUT2D eigenvalue weighted by molar-refractivity contribution is 7.74. The zero-order valence-electron chi connectivity index (χ0n) is 8.03. The maximum atomic E-state index is 13.6. The van der Waals surface area contributed by atoms with Crippen LogP contribution in [-0.4, -0.2) is 6.26 Å². The summed E-state index contributed by atoms with van der Waals surface area (Å²) in [7, 11) is -1.40. The Hall–Kier alpha value is -0.940. The molecule has 0 amide bonds. The van der Waals surface area contributed by atoms with Crippen molar-refractivity contribution in [2.75, 3.05) is 6.26 Å². The SMILES string of the molecule is CC(N)c1cccc(N=[S-](C)=O)c1F. The topological polar surface area (TPSA) is 55.4 Å². The van der Waals surface area contributed by atoms with Gasteiger partial charge in [-0.25, -0.2) is 4.39 Å². The summed E-state index contributed by atoms with van der Waals surface area (Å²) >= 11 is 0. The minimum absolute atomic E-state index is 0.0978. The Morgan fingerprint density at radius 1 is 1.57 bits per heavy atom. The van der Waals surface area contributed by atoms with Gasteiger partial charge in [0, 0.05) is 11.6 Å². The first-order valence-electron chi connectivity index (χ1n) is 4.11. The van der Waals surface area contributed by atoms with Crippen molar-refractivity contribution in [2.45, 2.75) is 13.0 Å². The predicted octanol–water partition coefficient (Wildman–Crippen LogP) is 2.25. The molecule has 0 radical (unpaired) electrons. The van der Waals surface area contributed by atoms with Crippen LogP contribution in [0.4, 0.5) is 10.1 Å². The summed E-state index contributed by atoms with van der Waals surface area (Å²) in [5, 5.41) is 0. The number of hydrogen-bond acceptors (Lipinski definition) is 4. The van der Waals surface area contributed by atoms with E-state index >= 15 is 0 Å². The minimum Gasteiger partial charge on any atom is -0.444 e. The molecule has 0 aliphatic rings. The van der Waals surface area contributed by atoms with E-state index in [9.17, 15) is 8.60 Å². The van der Waals surface area contributed by atoms with Crippen LogP contribution in [0, 0.1) is 5.82 Å². The van der Waals surface area contributed by atoms with Crippen molar-refractivity contribution < 1.29 is 8.60 Å². The van der Waals surface area contributed by atoms with E-state index in [2.05, 4.69) is 4.36 Å². The third-order valence-electron chi connectivity index (χ3n) is 1.73. The monoisotopic (exact) mass is 215 g/mol. The number of halogens is 1. The van der Waals surface area contributed by atoms with Gasteiger partial charge in [0.1, 0.15) is 0 Å². The van der Waals surface area contributed by atoms with Gasteiger partial charge >= 0.3 is 0 Å². The first-order chi connectivity index (χ1) is 6.52. The molecule has 1 unspecified atom stereocenters. The number of nitrogens with two attached hydrogens (primary N) is 1. The smallest absolute Gasteiger partial charge is 0.151 e. The number of rotatable bonds is 2. The van der Waals surface area contributed by atoms with E-state index in [1.165, 1.54) is 12.3 Å². The molecule has 78 valence electrons. The van der Waals surface area contributed by atoms with Gasteiger partial charge in [0.05, 0.1) is 5.69 Å². The third kappa shape index (κ3) is 2.52. The Bertz CT molecular complexity index is 411. The summed E-state index contributed by atoms with van der Waals surface area (Å²) in [5.41, 5.74) is 6.04. The van der Waals surface area contributed by atoms with Crippen molar-refractivity contribution in [3.05, 3.63) is 29.6 Å². The average Bonchev–Trinajstić information content (AvgIpc) is 2.07. The van der Waals surface area contributed by atoms with Crippen molar-refractivity contribution >= 4 is 16.3 Å². The average molecular weight is 215 g/mol. The van der Waals surface area contributed by atoms with Crippen LogP contribution in [0.2, 0.25) is 0 Å². The Morgan fingerprint density at radius 2 is 2.21 bits per heavy atom. The lowest BCUT2D eigenvalue weighted by Gasteiger charge is -2.09.